The van der Waals surface area contributed by atoms with Crippen molar-refractivity contribution in [2.45, 2.75) is 25.3 Å². The molecule has 1 aromatic carbocycles. The highest BCUT2D eigenvalue weighted by molar-refractivity contribution is 5.81. The molecule has 3 rings (SSSR count). The molecular weight excluding hydrogens is 349 g/mol. The van der Waals surface area contributed by atoms with Gasteiger partial charge in [-0.25, -0.2) is 4.98 Å². The van der Waals surface area contributed by atoms with E-state index < -0.39 is 17.8 Å². The predicted octanol–water partition coefficient (Wildman–Crippen LogP) is 3.16. The summed E-state index contributed by atoms with van der Waals surface area (Å²) >= 11 is 0. The van der Waals surface area contributed by atoms with Gasteiger partial charge in [-0.05, 0) is 25.1 Å². The number of likely N-dealkylation sites (tertiary alicyclic amines) is 1. The molecule has 1 atom stereocenters. The highest BCUT2D eigenvalue weighted by atomic mass is 19.4. The van der Waals surface area contributed by atoms with Crippen molar-refractivity contribution in [3.8, 4) is 11.6 Å². The number of carbonyl (C=O) groups excluding carboxylic acids is 1. The molecule has 8 heteroatoms. The van der Waals surface area contributed by atoms with Crippen molar-refractivity contribution in [1.82, 2.24) is 9.88 Å². The van der Waals surface area contributed by atoms with Crippen molar-refractivity contribution < 1.29 is 27.4 Å². The van der Waals surface area contributed by atoms with Crippen molar-refractivity contribution in [2.75, 3.05) is 13.1 Å². The lowest BCUT2D eigenvalue weighted by Gasteiger charge is -2.39. The Hall–Kier alpha value is -2.77. The third kappa shape index (κ3) is 4.25. The van der Waals surface area contributed by atoms with Crippen LogP contribution in [0.4, 0.5) is 13.2 Å². The van der Waals surface area contributed by atoms with Gasteiger partial charge in [0.2, 0.25) is 5.88 Å². The Morgan fingerprint density at radius 2 is 1.92 bits per heavy atom. The Balaban J connectivity index is 1.50. The molecule has 2 aromatic rings. The molecule has 1 aliphatic rings. The molecule has 0 bridgehead atoms. The Kier molecular flexibility index (Phi) is 5.01. The van der Waals surface area contributed by atoms with E-state index in [1.54, 1.807) is 19.1 Å². The van der Waals surface area contributed by atoms with E-state index in [4.69, 9.17) is 9.47 Å². The predicted molar refractivity (Wildman–Crippen MR) is 86.8 cm³/mol. The average Bonchev–Trinajstić information content (AvgIpc) is 2.57. The second-order valence-electron chi connectivity index (χ2n) is 5.94. The number of hydrogen-bond acceptors (Lipinski definition) is 4. The van der Waals surface area contributed by atoms with Gasteiger partial charge in [-0.3, -0.25) is 4.79 Å². The van der Waals surface area contributed by atoms with Crippen LogP contribution in [0.5, 0.6) is 11.6 Å². The van der Waals surface area contributed by atoms with E-state index in [2.05, 4.69) is 4.98 Å². The molecule has 0 N–H and O–H groups in total. The molecule has 1 aromatic heterocycles. The highest BCUT2D eigenvalue weighted by Gasteiger charge is 2.36. The lowest BCUT2D eigenvalue weighted by atomic mass is 10.1. The highest BCUT2D eigenvalue weighted by Crippen LogP contribution is 2.31. The Labute approximate surface area is 148 Å². The smallest absolute Gasteiger partial charge is 0.416 e. The number of ether oxygens (including phenoxy) is 2. The van der Waals surface area contributed by atoms with Crippen molar-refractivity contribution in [3.63, 3.8) is 0 Å². The van der Waals surface area contributed by atoms with Crippen molar-refractivity contribution in [1.29, 1.82) is 0 Å². The first-order valence-corrected chi connectivity index (χ1v) is 8.03. The van der Waals surface area contributed by atoms with Crippen molar-refractivity contribution in [3.05, 3.63) is 54.2 Å². The summed E-state index contributed by atoms with van der Waals surface area (Å²) < 4.78 is 49.0. The largest absolute Gasteiger partial charge is 0.481 e. The number of aromatic nitrogens is 1. The fourth-order valence-corrected chi connectivity index (χ4v) is 2.52. The van der Waals surface area contributed by atoms with Crippen LogP contribution in [-0.2, 0) is 11.0 Å². The molecule has 0 aliphatic carbocycles. The summed E-state index contributed by atoms with van der Waals surface area (Å²) in [6.07, 6.45) is -4.45. The molecule has 1 unspecified atom stereocenters. The molecule has 0 radical (unpaired) electrons. The standard InChI is InChI=1S/C18H17F3N2O3/c1-12(25-14-5-3-2-4-6-14)17(24)23-10-15(11-23)26-16-9-13(7-8-22-16)18(19,20)21/h2-9,12,15H,10-11H2,1H3. The molecule has 1 aliphatic heterocycles. The van der Waals surface area contributed by atoms with Crippen LogP contribution < -0.4 is 9.47 Å². The number of carbonyl (C=O) groups is 1. The minimum atomic E-state index is -4.45. The number of halogens is 3. The van der Waals surface area contributed by atoms with Crippen LogP contribution in [-0.4, -0.2) is 41.1 Å². The summed E-state index contributed by atoms with van der Waals surface area (Å²) in [6.45, 7) is 2.20. The molecule has 2 heterocycles. The number of rotatable bonds is 5. The molecule has 1 amide bonds. The molecule has 138 valence electrons. The lowest BCUT2D eigenvalue weighted by Crippen LogP contribution is -2.59. The zero-order valence-electron chi connectivity index (χ0n) is 13.9. The number of amides is 1. The van der Waals surface area contributed by atoms with Crippen LogP contribution >= 0.6 is 0 Å². The van der Waals surface area contributed by atoms with Gasteiger partial charge < -0.3 is 14.4 Å². The van der Waals surface area contributed by atoms with Crippen LogP contribution in [0.3, 0.4) is 0 Å². The fourth-order valence-electron chi connectivity index (χ4n) is 2.52. The first kappa shape index (κ1) is 18.0. The molecule has 0 spiro atoms. The van der Waals surface area contributed by atoms with E-state index in [0.29, 0.717) is 5.75 Å². The monoisotopic (exact) mass is 366 g/mol. The van der Waals surface area contributed by atoms with Gasteiger partial charge in [0.25, 0.3) is 5.91 Å². The average molecular weight is 366 g/mol. The van der Waals surface area contributed by atoms with Gasteiger partial charge >= 0.3 is 6.18 Å². The zero-order valence-corrected chi connectivity index (χ0v) is 13.9. The van der Waals surface area contributed by atoms with Crippen molar-refractivity contribution >= 4 is 5.91 Å². The maximum absolute atomic E-state index is 12.7. The number of pyridine rings is 1. The summed E-state index contributed by atoms with van der Waals surface area (Å²) in [5.41, 5.74) is -0.820. The Morgan fingerprint density at radius 1 is 1.23 bits per heavy atom. The first-order valence-electron chi connectivity index (χ1n) is 8.03. The molecule has 26 heavy (non-hydrogen) atoms. The zero-order chi connectivity index (χ0) is 18.7. The topological polar surface area (TPSA) is 51.7 Å². The van der Waals surface area contributed by atoms with Crippen LogP contribution in [0, 0.1) is 0 Å². The quantitative estimate of drug-likeness (QED) is 0.816. The normalized spacial score (nSPS) is 15.9. The van der Waals surface area contributed by atoms with E-state index >= 15 is 0 Å². The summed E-state index contributed by atoms with van der Waals surface area (Å²) in [5, 5.41) is 0. The van der Waals surface area contributed by atoms with Crippen molar-refractivity contribution in [2.24, 2.45) is 0 Å². The van der Waals surface area contributed by atoms with E-state index in [0.717, 1.165) is 18.3 Å². The van der Waals surface area contributed by atoms with E-state index in [9.17, 15) is 18.0 Å². The number of alkyl halides is 3. The number of nitrogens with zero attached hydrogens (tertiary/aromatic N) is 2. The minimum Gasteiger partial charge on any atom is -0.481 e. The van der Waals surface area contributed by atoms with Gasteiger partial charge in [0.15, 0.2) is 6.10 Å². The molecular formula is C18H17F3N2O3. The Morgan fingerprint density at radius 3 is 2.58 bits per heavy atom. The molecule has 5 nitrogen and oxygen atoms in total. The summed E-state index contributed by atoms with van der Waals surface area (Å²) in [6, 6.07) is 10.7. The Bertz CT molecular complexity index is 762. The van der Waals surface area contributed by atoms with E-state index in [-0.39, 0.29) is 31.0 Å². The fraction of sp³-hybridized carbons (Fsp3) is 0.333. The minimum absolute atomic E-state index is 0.106. The molecule has 0 saturated carbocycles. The van der Waals surface area contributed by atoms with Gasteiger partial charge in [-0.15, -0.1) is 0 Å². The van der Waals surface area contributed by atoms with Gasteiger partial charge in [-0.1, -0.05) is 18.2 Å². The number of hydrogen-bond donors (Lipinski definition) is 0. The molecule has 1 saturated heterocycles. The maximum Gasteiger partial charge on any atom is 0.416 e. The summed E-state index contributed by atoms with van der Waals surface area (Å²) in [4.78, 5) is 17.6. The van der Waals surface area contributed by atoms with Crippen LogP contribution in [0.2, 0.25) is 0 Å². The van der Waals surface area contributed by atoms with E-state index in [1.165, 1.54) is 4.90 Å². The SMILES string of the molecule is CC(Oc1ccccc1)C(=O)N1CC(Oc2cc(C(F)(F)F)ccn2)C1. The number of para-hydroxylation sites is 1. The third-order valence-electron chi connectivity index (χ3n) is 3.91. The summed E-state index contributed by atoms with van der Waals surface area (Å²) in [7, 11) is 0. The van der Waals surface area contributed by atoms with Gasteiger partial charge in [-0.2, -0.15) is 13.2 Å². The van der Waals surface area contributed by atoms with E-state index in [1.807, 2.05) is 18.2 Å². The van der Waals surface area contributed by atoms with Crippen LogP contribution in [0.25, 0.3) is 0 Å². The lowest BCUT2D eigenvalue weighted by molar-refractivity contribution is -0.147. The van der Waals surface area contributed by atoms with Crippen LogP contribution in [0.15, 0.2) is 48.7 Å². The number of benzene rings is 1. The maximum atomic E-state index is 12.7. The van der Waals surface area contributed by atoms with Gasteiger partial charge in [0.1, 0.15) is 11.9 Å². The third-order valence-corrected chi connectivity index (χ3v) is 3.91. The van der Waals surface area contributed by atoms with Crippen LogP contribution in [0.1, 0.15) is 12.5 Å². The second-order valence-corrected chi connectivity index (χ2v) is 5.94. The van der Waals surface area contributed by atoms with Gasteiger partial charge in [0.05, 0.1) is 18.7 Å². The van der Waals surface area contributed by atoms with Gasteiger partial charge in [0, 0.05) is 12.3 Å². The molecule has 1 fully saturated rings. The second kappa shape index (κ2) is 7.23. The first-order chi connectivity index (χ1) is 12.3. The summed E-state index contributed by atoms with van der Waals surface area (Å²) in [5.74, 6) is 0.283.